The Labute approximate surface area is 274 Å². The lowest BCUT2D eigenvalue weighted by molar-refractivity contribution is -0.125. The van der Waals surface area contributed by atoms with Gasteiger partial charge in [0.2, 0.25) is 15.9 Å². The lowest BCUT2D eigenvalue weighted by Gasteiger charge is -2.31. The van der Waals surface area contributed by atoms with Gasteiger partial charge in [0.25, 0.3) is 0 Å². The summed E-state index contributed by atoms with van der Waals surface area (Å²) in [6.07, 6.45) is -1.18. The summed E-state index contributed by atoms with van der Waals surface area (Å²) in [7, 11) is -8.00. The molecule has 0 saturated heterocycles. The van der Waals surface area contributed by atoms with Gasteiger partial charge in [-0.3, -0.25) is 9.59 Å². The summed E-state index contributed by atoms with van der Waals surface area (Å²) in [6.45, 7) is 4.98. The average Bonchev–Trinajstić information content (AvgIpc) is 3.49. The van der Waals surface area contributed by atoms with Gasteiger partial charge in [-0.05, 0) is 36.1 Å². The largest absolute Gasteiger partial charge is 0.390 e. The molecule has 2 N–H and O–H groups in total. The van der Waals surface area contributed by atoms with E-state index < -0.39 is 61.1 Å². The average molecular weight is 686 g/mol. The maximum atomic E-state index is 13.8. The predicted molar refractivity (Wildman–Crippen MR) is 180 cm³/mol. The number of hydrogen-bond acceptors (Lipinski definition) is 9. The van der Waals surface area contributed by atoms with E-state index >= 15 is 0 Å². The second-order valence-corrected chi connectivity index (χ2v) is 16.7. The molecule has 3 atom stereocenters. The van der Waals surface area contributed by atoms with Gasteiger partial charge in [0, 0.05) is 24.6 Å². The Bertz CT molecular complexity index is 1840. The van der Waals surface area contributed by atoms with Gasteiger partial charge in [-0.25, -0.2) is 21.8 Å². The Morgan fingerprint density at radius 3 is 2.22 bits per heavy atom. The van der Waals surface area contributed by atoms with Crippen molar-refractivity contribution in [2.45, 2.75) is 44.2 Å². The molecule has 0 spiro atoms. The molecule has 0 aliphatic rings. The summed E-state index contributed by atoms with van der Waals surface area (Å²) >= 11 is 1.40. The molecule has 4 rings (SSSR count). The van der Waals surface area contributed by atoms with Gasteiger partial charge >= 0.3 is 0 Å². The first-order chi connectivity index (χ1) is 21.7. The van der Waals surface area contributed by atoms with Crippen molar-refractivity contribution in [1.82, 2.24) is 14.6 Å². The highest BCUT2D eigenvalue weighted by Gasteiger charge is 2.33. The molecular formula is C33H39N3O7S3. The van der Waals surface area contributed by atoms with Gasteiger partial charge in [0.1, 0.15) is 5.75 Å². The molecule has 13 heteroatoms. The Morgan fingerprint density at radius 1 is 0.913 bits per heavy atom. The summed E-state index contributed by atoms with van der Waals surface area (Å²) in [4.78, 5) is 30.2. The second kappa shape index (κ2) is 15.4. The standard InChI is InChI=1S/C33H39N3O7S3/c1-23(2)18-36(46(42,43)27-14-15-32-29(17-27)34-22-44-32)19-30(37)28(16-25-10-6-4-7-11-25)35-33(39)24(3)20-45(40,41)21-31(38)26-12-8-5-9-13-26/h4-15,17,22-24,28,30,37H,16,18-21H2,1-3H3,(H,35,39)/t24-,28?,30-/m1/s1. The molecule has 0 bridgehead atoms. The molecule has 0 aliphatic carbocycles. The number of sulfone groups is 1. The van der Waals surface area contributed by atoms with E-state index in [1.807, 2.05) is 44.2 Å². The zero-order chi connectivity index (χ0) is 33.5. The van der Waals surface area contributed by atoms with Crippen molar-refractivity contribution in [2.24, 2.45) is 11.8 Å². The smallest absolute Gasteiger partial charge is 0.243 e. The second-order valence-electron chi connectivity index (χ2n) is 11.8. The van der Waals surface area contributed by atoms with E-state index in [1.165, 1.54) is 46.8 Å². The Kier molecular flexibility index (Phi) is 11.8. The molecule has 46 heavy (non-hydrogen) atoms. The van der Waals surface area contributed by atoms with Crippen LogP contribution in [-0.4, -0.2) is 79.7 Å². The van der Waals surface area contributed by atoms with Crippen LogP contribution in [0.5, 0.6) is 0 Å². The summed E-state index contributed by atoms with van der Waals surface area (Å²) in [5.41, 5.74) is 3.25. The third kappa shape index (κ3) is 9.52. The maximum Gasteiger partial charge on any atom is 0.243 e. The van der Waals surface area contributed by atoms with Gasteiger partial charge in [-0.1, -0.05) is 81.4 Å². The third-order valence-electron chi connectivity index (χ3n) is 7.39. The fourth-order valence-corrected chi connectivity index (χ4v) is 8.96. The van der Waals surface area contributed by atoms with Crippen molar-refractivity contribution in [3.8, 4) is 0 Å². The minimum atomic E-state index is -4.06. The van der Waals surface area contributed by atoms with Gasteiger partial charge < -0.3 is 10.4 Å². The molecule has 1 amide bonds. The number of aliphatic hydroxyl groups is 1. The van der Waals surface area contributed by atoms with Crippen molar-refractivity contribution in [3.05, 3.63) is 95.5 Å². The summed E-state index contributed by atoms with van der Waals surface area (Å²) in [6, 6.07) is 20.9. The first-order valence-corrected chi connectivity index (χ1v) is 19.0. The molecule has 1 heterocycles. The van der Waals surface area contributed by atoms with Crippen LogP contribution in [0, 0.1) is 11.8 Å². The number of hydrogen-bond donors (Lipinski definition) is 2. The predicted octanol–water partition coefficient (Wildman–Crippen LogP) is 3.97. The lowest BCUT2D eigenvalue weighted by atomic mass is 10.00. The number of aromatic nitrogens is 1. The van der Waals surface area contributed by atoms with Crippen LogP contribution in [0.15, 0.2) is 89.3 Å². The number of amides is 1. The fraction of sp³-hybridized carbons (Fsp3) is 0.364. The number of nitrogens with zero attached hydrogens (tertiary/aromatic N) is 2. The van der Waals surface area contributed by atoms with Crippen molar-refractivity contribution in [3.63, 3.8) is 0 Å². The molecule has 0 aliphatic heterocycles. The number of sulfonamides is 1. The number of Topliss-reactive ketones (excluding diaryl/α,β-unsaturated/α-hetero) is 1. The van der Waals surface area contributed by atoms with Crippen molar-refractivity contribution < 1.29 is 31.5 Å². The minimum Gasteiger partial charge on any atom is -0.390 e. The lowest BCUT2D eigenvalue weighted by Crippen LogP contribution is -2.52. The fourth-order valence-electron chi connectivity index (χ4n) is 5.06. The monoisotopic (exact) mass is 685 g/mol. The molecule has 0 saturated carbocycles. The van der Waals surface area contributed by atoms with Crippen LogP contribution in [0.4, 0.5) is 0 Å². The van der Waals surface area contributed by atoms with E-state index in [2.05, 4.69) is 10.3 Å². The highest BCUT2D eigenvalue weighted by atomic mass is 32.2. The van der Waals surface area contributed by atoms with Crippen LogP contribution in [0.1, 0.15) is 36.7 Å². The quantitative estimate of drug-likeness (QED) is 0.168. The van der Waals surface area contributed by atoms with Crippen molar-refractivity contribution in [2.75, 3.05) is 24.6 Å². The Morgan fingerprint density at radius 2 is 1.57 bits per heavy atom. The summed E-state index contributed by atoms with van der Waals surface area (Å²) in [5, 5.41) is 14.3. The first-order valence-electron chi connectivity index (χ1n) is 14.9. The van der Waals surface area contributed by atoms with Crippen LogP contribution in [0.3, 0.4) is 0 Å². The molecule has 246 valence electrons. The third-order valence-corrected chi connectivity index (χ3v) is 11.7. The van der Waals surface area contributed by atoms with Crippen LogP contribution in [0.25, 0.3) is 10.2 Å². The summed E-state index contributed by atoms with van der Waals surface area (Å²) in [5.74, 6) is -3.62. The normalized spacial score (nSPS) is 14.3. The minimum absolute atomic E-state index is 0.0475. The highest BCUT2D eigenvalue weighted by Crippen LogP contribution is 2.25. The van der Waals surface area contributed by atoms with Gasteiger partial charge in [0.05, 0.1) is 38.5 Å². The van der Waals surface area contributed by atoms with Gasteiger partial charge in [-0.15, -0.1) is 11.3 Å². The van der Waals surface area contributed by atoms with Crippen molar-refractivity contribution >= 4 is 53.1 Å². The molecule has 0 fully saturated rings. The van der Waals surface area contributed by atoms with E-state index in [9.17, 15) is 31.5 Å². The molecular weight excluding hydrogens is 647 g/mol. The molecule has 4 aromatic rings. The number of thiazole rings is 1. The molecule has 1 aromatic heterocycles. The van der Waals surface area contributed by atoms with Crippen LogP contribution < -0.4 is 5.32 Å². The number of carbonyl (C=O) groups is 2. The van der Waals surface area contributed by atoms with Crippen LogP contribution in [0.2, 0.25) is 0 Å². The zero-order valence-electron chi connectivity index (χ0n) is 25.9. The number of nitrogens with one attached hydrogen (secondary N) is 1. The SMILES string of the molecule is CC(C)CN(C[C@@H](O)C(Cc1ccccc1)NC(=O)[C@H](C)CS(=O)(=O)CC(=O)c1ccccc1)S(=O)(=O)c1ccc2scnc2c1. The maximum absolute atomic E-state index is 13.8. The summed E-state index contributed by atoms with van der Waals surface area (Å²) < 4.78 is 55.5. The topological polar surface area (TPSA) is 151 Å². The first kappa shape index (κ1) is 35.4. The van der Waals surface area contributed by atoms with Gasteiger partial charge in [0.15, 0.2) is 15.6 Å². The van der Waals surface area contributed by atoms with Crippen molar-refractivity contribution in [1.29, 1.82) is 0 Å². The number of rotatable bonds is 16. The number of fused-ring (bicyclic) bond motifs is 1. The molecule has 10 nitrogen and oxygen atoms in total. The van der Waals surface area contributed by atoms with E-state index in [0.717, 1.165) is 10.3 Å². The van der Waals surface area contributed by atoms with E-state index in [-0.39, 0.29) is 35.9 Å². The van der Waals surface area contributed by atoms with Gasteiger partial charge in [-0.2, -0.15) is 4.31 Å². The molecule has 3 aromatic carbocycles. The Hall–Kier alpha value is -3.49. The number of benzene rings is 3. The van der Waals surface area contributed by atoms with Crippen LogP contribution in [-0.2, 0) is 31.1 Å². The van der Waals surface area contributed by atoms with Crippen LogP contribution >= 0.6 is 11.3 Å². The van der Waals surface area contributed by atoms with E-state index in [4.69, 9.17) is 0 Å². The highest BCUT2D eigenvalue weighted by molar-refractivity contribution is 7.92. The number of carbonyl (C=O) groups excluding carboxylic acids is 2. The number of aliphatic hydroxyl groups excluding tert-OH is 1. The molecule has 1 unspecified atom stereocenters. The van der Waals surface area contributed by atoms with E-state index in [0.29, 0.717) is 5.52 Å². The molecule has 0 radical (unpaired) electrons. The van der Waals surface area contributed by atoms with E-state index in [1.54, 1.807) is 29.8 Å². The number of ketones is 1. The Balaban J connectivity index is 1.52. The zero-order valence-corrected chi connectivity index (χ0v) is 28.4.